The van der Waals surface area contributed by atoms with E-state index >= 15 is 0 Å². The second-order valence-electron chi connectivity index (χ2n) is 5.60. The minimum absolute atomic E-state index is 0. The lowest BCUT2D eigenvalue weighted by atomic mass is 10.0. The summed E-state index contributed by atoms with van der Waals surface area (Å²) in [7, 11) is 0. The summed E-state index contributed by atoms with van der Waals surface area (Å²) in [4.78, 5) is 14.5. The molecular weight excluding hydrogens is 350 g/mol. The Morgan fingerprint density at radius 1 is 1.21 bits per heavy atom. The van der Waals surface area contributed by atoms with Crippen LogP contribution in [0.25, 0.3) is 0 Å². The molecule has 128 valence electrons. The maximum absolute atomic E-state index is 13.8. The van der Waals surface area contributed by atoms with Crippen LogP contribution < -0.4 is 5.32 Å². The normalized spacial score (nSPS) is 17.2. The Bertz CT molecular complexity index is 711. The van der Waals surface area contributed by atoms with Crippen molar-refractivity contribution >= 4 is 29.9 Å². The maximum atomic E-state index is 13.8. The van der Waals surface area contributed by atoms with Crippen molar-refractivity contribution in [3.63, 3.8) is 0 Å². The van der Waals surface area contributed by atoms with E-state index in [-0.39, 0.29) is 36.6 Å². The fraction of sp³-hybridized carbons (Fsp3) is 0.278. The van der Waals surface area contributed by atoms with Gasteiger partial charge in [-0.3, -0.25) is 4.79 Å². The number of amides is 1. The molecule has 3 nitrogen and oxygen atoms in total. The number of nitrogens with zero attached hydrogens (tertiary/aromatic N) is 1. The van der Waals surface area contributed by atoms with Gasteiger partial charge in [0.1, 0.15) is 5.82 Å². The summed E-state index contributed by atoms with van der Waals surface area (Å²) < 4.78 is 13.8. The molecule has 1 aliphatic rings. The predicted molar refractivity (Wildman–Crippen MR) is 96.1 cm³/mol. The van der Waals surface area contributed by atoms with Crippen LogP contribution in [0.4, 0.5) is 4.39 Å². The molecule has 1 fully saturated rings. The summed E-state index contributed by atoms with van der Waals surface area (Å²) >= 11 is 6.29. The lowest BCUT2D eigenvalue weighted by Gasteiger charge is -2.37. The zero-order valence-electron chi connectivity index (χ0n) is 13.0. The third-order valence-corrected chi connectivity index (χ3v) is 4.47. The zero-order valence-corrected chi connectivity index (χ0v) is 14.6. The second kappa shape index (κ2) is 8.47. The third-order valence-electron chi connectivity index (χ3n) is 4.13. The largest absolute Gasteiger partial charge is 0.333 e. The van der Waals surface area contributed by atoms with E-state index in [1.165, 1.54) is 6.07 Å². The van der Waals surface area contributed by atoms with Gasteiger partial charge in [-0.1, -0.05) is 48.0 Å². The van der Waals surface area contributed by atoms with Gasteiger partial charge in [0.2, 0.25) is 5.91 Å². The standard InChI is InChI=1S/C18H18ClFN2O.ClH/c19-15-7-3-2-6-14(15)17-12-21-9-10-22(17)18(23)11-13-5-1-4-8-16(13)20;/h1-8,17,21H,9-12H2;1H. The topological polar surface area (TPSA) is 32.3 Å². The molecule has 0 saturated carbocycles. The van der Waals surface area contributed by atoms with Crippen LogP contribution in [0.2, 0.25) is 5.02 Å². The number of carbonyl (C=O) groups is 1. The molecule has 1 atom stereocenters. The summed E-state index contributed by atoms with van der Waals surface area (Å²) in [6, 6.07) is 13.8. The highest BCUT2D eigenvalue weighted by molar-refractivity contribution is 6.31. The summed E-state index contributed by atoms with van der Waals surface area (Å²) in [5.41, 5.74) is 1.34. The summed E-state index contributed by atoms with van der Waals surface area (Å²) in [6.45, 7) is 1.96. The number of nitrogens with one attached hydrogen (secondary N) is 1. The number of hydrogen-bond acceptors (Lipinski definition) is 2. The van der Waals surface area contributed by atoms with Gasteiger partial charge in [-0.15, -0.1) is 12.4 Å². The molecule has 0 bridgehead atoms. The fourth-order valence-electron chi connectivity index (χ4n) is 2.93. The van der Waals surface area contributed by atoms with Crippen molar-refractivity contribution in [2.45, 2.75) is 12.5 Å². The van der Waals surface area contributed by atoms with Gasteiger partial charge in [-0.25, -0.2) is 4.39 Å². The molecule has 24 heavy (non-hydrogen) atoms. The molecule has 1 saturated heterocycles. The van der Waals surface area contributed by atoms with E-state index in [4.69, 9.17) is 11.6 Å². The average Bonchev–Trinajstić information content (AvgIpc) is 2.57. The van der Waals surface area contributed by atoms with Crippen LogP contribution in [0, 0.1) is 5.82 Å². The molecule has 0 radical (unpaired) electrons. The number of piperazine rings is 1. The first-order valence-electron chi connectivity index (χ1n) is 7.65. The van der Waals surface area contributed by atoms with E-state index in [1.54, 1.807) is 23.1 Å². The first-order chi connectivity index (χ1) is 11.2. The fourth-order valence-corrected chi connectivity index (χ4v) is 3.19. The molecule has 1 unspecified atom stereocenters. The summed E-state index contributed by atoms with van der Waals surface area (Å²) in [6.07, 6.45) is 0.0631. The van der Waals surface area contributed by atoms with E-state index < -0.39 is 0 Å². The molecule has 6 heteroatoms. The van der Waals surface area contributed by atoms with Gasteiger partial charge >= 0.3 is 0 Å². The Hall–Kier alpha value is -1.62. The van der Waals surface area contributed by atoms with Crippen molar-refractivity contribution in [3.8, 4) is 0 Å². The van der Waals surface area contributed by atoms with Crippen LogP contribution in [-0.2, 0) is 11.2 Å². The second-order valence-corrected chi connectivity index (χ2v) is 6.00. The van der Waals surface area contributed by atoms with Gasteiger partial charge in [0, 0.05) is 24.7 Å². The van der Waals surface area contributed by atoms with E-state index in [2.05, 4.69) is 5.32 Å². The molecule has 0 aromatic heterocycles. The van der Waals surface area contributed by atoms with Crippen LogP contribution in [0.5, 0.6) is 0 Å². The highest BCUT2D eigenvalue weighted by Crippen LogP contribution is 2.29. The monoisotopic (exact) mass is 368 g/mol. The lowest BCUT2D eigenvalue weighted by Crippen LogP contribution is -2.49. The quantitative estimate of drug-likeness (QED) is 0.897. The Labute approximate surface area is 152 Å². The minimum atomic E-state index is -0.342. The predicted octanol–water partition coefficient (Wildman–Crippen LogP) is 3.62. The van der Waals surface area contributed by atoms with Crippen LogP contribution in [-0.4, -0.2) is 30.4 Å². The Morgan fingerprint density at radius 3 is 2.67 bits per heavy atom. The van der Waals surface area contributed by atoms with Gasteiger partial charge in [0.15, 0.2) is 0 Å². The van der Waals surface area contributed by atoms with Crippen molar-refractivity contribution in [2.75, 3.05) is 19.6 Å². The van der Waals surface area contributed by atoms with Crippen molar-refractivity contribution in [1.29, 1.82) is 0 Å². The van der Waals surface area contributed by atoms with Crippen molar-refractivity contribution < 1.29 is 9.18 Å². The van der Waals surface area contributed by atoms with Crippen molar-refractivity contribution in [2.24, 2.45) is 0 Å². The molecule has 1 N–H and O–H groups in total. The molecule has 3 rings (SSSR count). The zero-order chi connectivity index (χ0) is 16.2. The van der Waals surface area contributed by atoms with Crippen LogP contribution in [0.15, 0.2) is 48.5 Å². The van der Waals surface area contributed by atoms with Gasteiger partial charge < -0.3 is 10.2 Å². The average molecular weight is 369 g/mol. The third kappa shape index (κ3) is 4.07. The highest BCUT2D eigenvalue weighted by atomic mass is 35.5. The first-order valence-corrected chi connectivity index (χ1v) is 8.02. The first kappa shape index (κ1) is 18.7. The molecule has 1 aliphatic heterocycles. The van der Waals surface area contributed by atoms with Gasteiger partial charge in [0.05, 0.1) is 12.5 Å². The summed E-state index contributed by atoms with van der Waals surface area (Å²) in [5.74, 6) is -0.424. The molecule has 1 amide bonds. The molecule has 0 aliphatic carbocycles. The molecule has 0 spiro atoms. The number of rotatable bonds is 3. The van der Waals surface area contributed by atoms with Crippen LogP contribution >= 0.6 is 24.0 Å². The number of benzene rings is 2. The summed E-state index contributed by atoms with van der Waals surface area (Å²) in [5, 5.41) is 3.94. The van der Waals surface area contributed by atoms with Crippen molar-refractivity contribution in [3.05, 3.63) is 70.5 Å². The number of halogens is 3. The smallest absolute Gasteiger partial charge is 0.227 e. The van der Waals surface area contributed by atoms with E-state index in [9.17, 15) is 9.18 Å². The van der Waals surface area contributed by atoms with Gasteiger partial charge in [-0.2, -0.15) is 0 Å². The Balaban J connectivity index is 0.00000208. The SMILES string of the molecule is Cl.O=C(Cc1ccccc1F)N1CCNCC1c1ccccc1Cl. The molecular formula is C18H19Cl2FN2O. The Kier molecular flexibility index (Phi) is 6.60. The van der Waals surface area contributed by atoms with Crippen molar-refractivity contribution in [1.82, 2.24) is 10.2 Å². The molecule has 2 aromatic carbocycles. The van der Waals surface area contributed by atoms with Crippen LogP contribution in [0.3, 0.4) is 0 Å². The van der Waals surface area contributed by atoms with E-state index in [1.807, 2.05) is 24.3 Å². The van der Waals surface area contributed by atoms with E-state index in [0.717, 1.165) is 12.1 Å². The number of carbonyl (C=O) groups excluding carboxylic acids is 1. The molecule has 2 aromatic rings. The van der Waals surface area contributed by atoms with Crippen LogP contribution in [0.1, 0.15) is 17.2 Å². The van der Waals surface area contributed by atoms with E-state index in [0.29, 0.717) is 23.7 Å². The molecule has 1 heterocycles. The number of hydrogen-bond donors (Lipinski definition) is 1. The maximum Gasteiger partial charge on any atom is 0.227 e. The van der Waals surface area contributed by atoms with Gasteiger partial charge in [0.25, 0.3) is 0 Å². The highest BCUT2D eigenvalue weighted by Gasteiger charge is 2.29. The minimum Gasteiger partial charge on any atom is -0.333 e. The Morgan fingerprint density at radius 2 is 1.92 bits per heavy atom. The lowest BCUT2D eigenvalue weighted by molar-refractivity contribution is -0.133. The van der Waals surface area contributed by atoms with Gasteiger partial charge in [-0.05, 0) is 23.3 Å².